The monoisotopic (exact) mass is 490 g/mol. The first-order valence-corrected chi connectivity index (χ1v) is 8.83. The van der Waals surface area contributed by atoms with Gasteiger partial charge >= 0.3 is 0 Å². The molecule has 0 aliphatic carbocycles. The smallest absolute Gasteiger partial charge is 0.191 e. The number of nitrogens with zero attached hydrogens (tertiary/aromatic N) is 2. The SMILES string of the molecule is CN=C(NCc1cc(F)ccc1F)NCC(c1ccco1)N1CCCC1.I. The molecule has 2 heterocycles. The van der Waals surface area contributed by atoms with Gasteiger partial charge in [-0.25, -0.2) is 8.78 Å². The number of guanidine groups is 1. The van der Waals surface area contributed by atoms with Crippen molar-refractivity contribution >= 4 is 29.9 Å². The number of benzene rings is 1. The van der Waals surface area contributed by atoms with E-state index in [9.17, 15) is 8.78 Å². The van der Waals surface area contributed by atoms with E-state index in [1.54, 1.807) is 13.3 Å². The molecule has 3 rings (SSSR count). The molecule has 1 aromatic carbocycles. The molecule has 1 unspecified atom stereocenters. The van der Waals surface area contributed by atoms with Gasteiger partial charge in [0.2, 0.25) is 0 Å². The lowest BCUT2D eigenvalue weighted by Crippen LogP contribution is -2.42. The Kier molecular flexibility index (Phi) is 8.49. The lowest BCUT2D eigenvalue weighted by Gasteiger charge is -2.26. The summed E-state index contributed by atoms with van der Waals surface area (Å²) in [7, 11) is 1.65. The number of furan rings is 1. The second-order valence-corrected chi connectivity index (χ2v) is 6.32. The molecule has 0 amide bonds. The fraction of sp³-hybridized carbons (Fsp3) is 0.421. The van der Waals surface area contributed by atoms with Crippen LogP contribution in [0.5, 0.6) is 0 Å². The van der Waals surface area contributed by atoms with Crippen molar-refractivity contribution in [2.45, 2.75) is 25.4 Å². The zero-order valence-corrected chi connectivity index (χ0v) is 17.6. The number of nitrogens with one attached hydrogen (secondary N) is 2. The molecule has 0 spiro atoms. The minimum Gasteiger partial charge on any atom is -0.468 e. The fourth-order valence-corrected chi connectivity index (χ4v) is 3.22. The standard InChI is InChI=1S/C19H24F2N4O.HI/c1-22-19(23-12-14-11-15(20)6-7-16(14)21)24-13-17(18-5-4-10-26-18)25-8-2-3-9-25;/h4-7,10-11,17H,2-3,8-9,12-13H2,1H3,(H2,22,23,24);1H. The molecule has 1 atom stereocenters. The van der Waals surface area contributed by atoms with Crippen LogP contribution in [0.25, 0.3) is 0 Å². The molecule has 1 aliphatic rings. The summed E-state index contributed by atoms with van der Waals surface area (Å²) in [4.78, 5) is 6.54. The van der Waals surface area contributed by atoms with Gasteiger partial charge in [-0.15, -0.1) is 24.0 Å². The normalized spacial score (nSPS) is 16.0. The Hall–Kier alpha value is -1.68. The molecular formula is C19H25F2IN4O. The predicted molar refractivity (Wildman–Crippen MR) is 112 cm³/mol. The molecule has 27 heavy (non-hydrogen) atoms. The number of likely N-dealkylation sites (tertiary alicyclic amines) is 1. The summed E-state index contributed by atoms with van der Waals surface area (Å²) in [6.45, 7) is 2.83. The average molecular weight is 490 g/mol. The summed E-state index contributed by atoms with van der Waals surface area (Å²) in [5.41, 5.74) is 0.259. The zero-order valence-electron chi connectivity index (χ0n) is 15.3. The van der Waals surface area contributed by atoms with Crippen molar-refractivity contribution in [2.75, 3.05) is 26.7 Å². The predicted octanol–water partition coefficient (Wildman–Crippen LogP) is 3.68. The molecular weight excluding hydrogens is 465 g/mol. The highest BCUT2D eigenvalue weighted by Crippen LogP contribution is 2.24. The van der Waals surface area contributed by atoms with Crippen LogP contribution in [0, 0.1) is 11.6 Å². The van der Waals surface area contributed by atoms with Crippen molar-refractivity contribution in [3.63, 3.8) is 0 Å². The van der Waals surface area contributed by atoms with Crippen LogP contribution in [0.4, 0.5) is 8.78 Å². The Balaban J connectivity index is 0.00000261. The van der Waals surface area contributed by atoms with Crippen LogP contribution >= 0.6 is 24.0 Å². The topological polar surface area (TPSA) is 52.8 Å². The molecule has 0 radical (unpaired) electrons. The Morgan fingerprint density at radius 2 is 2.00 bits per heavy atom. The molecule has 148 valence electrons. The highest BCUT2D eigenvalue weighted by molar-refractivity contribution is 14.0. The summed E-state index contributed by atoms with van der Waals surface area (Å²) in [5.74, 6) is 0.536. The molecule has 0 saturated carbocycles. The van der Waals surface area contributed by atoms with Gasteiger partial charge in [0, 0.05) is 25.7 Å². The van der Waals surface area contributed by atoms with Crippen LogP contribution in [0.1, 0.15) is 30.2 Å². The van der Waals surface area contributed by atoms with E-state index in [0.29, 0.717) is 12.5 Å². The van der Waals surface area contributed by atoms with Crippen molar-refractivity contribution in [2.24, 2.45) is 4.99 Å². The van der Waals surface area contributed by atoms with Gasteiger partial charge in [-0.2, -0.15) is 0 Å². The second kappa shape index (κ2) is 10.6. The van der Waals surface area contributed by atoms with Crippen LogP contribution in [-0.4, -0.2) is 37.5 Å². The Bertz CT molecular complexity index is 733. The van der Waals surface area contributed by atoms with Crippen LogP contribution in [-0.2, 0) is 6.54 Å². The Labute approximate surface area is 175 Å². The van der Waals surface area contributed by atoms with Crippen molar-refractivity contribution in [3.8, 4) is 0 Å². The molecule has 8 heteroatoms. The van der Waals surface area contributed by atoms with Crippen molar-refractivity contribution in [1.82, 2.24) is 15.5 Å². The molecule has 1 saturated heterocycles. The van der Waals surface area contributed by atoms with Gasteiger partial charge < -0.3 is 15.1 Å². The van der Waals surface area contributed by atoms with E-state index in [0.717, 1.165) is 31.0 Å². The molecule has 1 aliphatic heterocycles. The van der Waals surface area contributed by atoms with Crippen LogP contribution in [0.3, 0.4) is 0 Å². The third-order valence-electron chi connectivity index (χ3n) is 4.59. The minimum atomic E-state index is -0.460. The lowest BCUT2D eigenvalue weighted by atomic mass is 10.2. The Morgan fingerprint density at radius 1 is 1.22 bits per heavy atom. The largest absolute Gasteiger partial charge is 0.468 e. The van der Waals surface area contributed by atoms with Crippen molar-refractivity contribution in [1.29, 1.82) is 0 Å². The van der Waals surface area contributed by atoms with Gasteiger partial charge in [-0.3, -0.25) is 9.89 Å². The van der Waals surface area contributed by atoms with Gasteiger partial charge in [-0.1, -0.05) is 0 Å². The molecule has 1 fully saturated rings. The van der Waals surface area contributed by atoms with E-state index >= 15 is 0 Å². The first kappa shape index (κ1) is 21.6. The maximum atomic E-state index is 13.7. The molecule has 2 aromatic rings. The van der Waals surface area contributed by atoms with E-state index in [-0.39, 0.29) is 42.1 Å². The van der Waals surface area contributed by atoms with Gasteiger partial charge in [0.1, 0.15) is 17.4 Å². The average Bonchev–Trinajstić information content (AvgIpc) is 3.35. The quantitative estimate of drug-likeness (QED) is 0.369. The maximum absolute atomic E-state index is 13.7. The Morgan fingerprint density at radius 3 is 2.67 bits per heavy atom. The summed E-state index contributed by atoms with van der Waals surface area (Å²) in [6.07, 6.45) is 4.05. The van der Waals surface area contributed by atoms with Crippen molar-refractivity contribution < 1.29 is 13.2 Å². The first-order chi connectivity index (χ1) is 12.7. The number of halogens is 3. The highest BCUT2D eigenvalue weighted by atomic mass is 127. The first-order valence-electron chi connectivity index (χ1n) is 8.83. The van der Waals surface area contributed by atoms with Gasteiger partial charge in [-0.05, 0) is 56.3 Å². The summed E-state index contributed by atoms with van der Waals surface area (Å²) in [5, 5.41) is 6.29. The highest BCUT2D eigenvalue weighted by Gasteiger charge is 2.25. The number of hydrogen-bond acceptors (Lipinski definition) is 3. The van der Waals surface area contributed by atoms with E-state index in [2.05, 4.69) is 20.5 Å². The van der Waals surface area contributed by atoms with Gasteiger partial charge in [0.05, 0.1) is 12.3 Å². The molecule has 0 bridgehead atoms. The van der Waals surface area contributed by atoms with Crippen LogP contribution in [0.2, 0.25) is 0 Å². The van der Waals surface area contributed by atoms with Crippen LogP contribution < -0.4 is 10.6 Å². The van der Waals surface area contributed by atoms with E-state index < -0.39 is 11.6 Å². The molecule has 2 N–H and O–H groups in total. The molecule has 1 aromatic heterocycles. The van der Waals surface area contributed by atoms with E-state index in [4.69, 9.17) is 4.42 Å². The number of hydrogen-bond donors (Lipinski definition) is 2. The summed E-state index contributed by atoms with van der Waals surface area (Å²) in [6, 6.07) is 7.39. The fourth-order valence-electron chi connectivity index (χ4n) is 3.22. The third-order valence-corrected chi connectivity index (χ3v) is 4.59. The van der Waals surface area contributed by atoms with Gasteiger partial charge in [0.15, 0.2) is 5.96 Å². The summed E-state index contributed by atoms with van der Waals surface area (Å²) >= 11 is 0. The number of aliphatic imine (C=N–C) groups is 1. The maximum Gasteiger partial charge on any atom is 0.191 e. The lowest BCUT2D eigenvalue weighted by molar-refractivity contribution is 0.215. The van der Waals surface area contributed by atoms with Crippen LogP contribution in [0.15, 0.2) is 46.0 Å². The minimum absolute atomic E-state index is 0. The van der Waals surface area contributed by atoms with Gasteiger partial charge in [0.25, 0.3) is 0 Å². The third kappa shape index (κ3) is 5.90. The zero-order chi connectivity index (χ0) is 18.4. The second-order valence-electron chi connectivity index (χ2n) is 6.32. The van der Waals surface area contributed by atoms with E-state index in [1.807, 2.05) is 12.1 Å². The van der Waals surface area contributed by atoms with Crippen molar-refractivity contribution in [3.05, 3.63) is 59.6 Å². The summed E-state index contributed by atoms with van der Waals surface area (Å²) < 4.78 is 32.6. The number of rotatable bonds is 6. The molecule has 5 nitrogen and oxygen atoms in total. The van der Waals surface area contributed by atoms with E-state index in [1.165, 1.54) is 18.9 Å².